The van der Waals surface area contributed by atoms with Gasteiger partial charge in [-0.1, -0.05) is 13.3 Å². The topological polar surface area (TPSA) is 97.9 Å². The molecule has 1 aromatic carbocycles. The quantitative estimate of drug-likeness (QED) is 0.494. The van der Waals surface area contributed by atoms with Crippen LogP contribution in [0, 0.1) is 5.92 Å². The largest absolute Gasteiger partial charge is 0.493 e. The molecular formula is C24H33N3O5S. The molecule has 0 saturated carbocycles. The van der Waals surface area contributed by atoms with Crippen molar-refractivity contribution in [3.8, 4) is 17.2 Å². The van der Waals surface area contributed by atoms with Crippen LogP contribution in [0.15, 0.2) is 23.4 Å². The highest BCUT2D eigenvalue weighted by atomic mass is 32.2. The molecule has 2 aliphatic heterocycles. The summed E-state index contributed by atoms with van der Waals surface area (Å²) in [7, 11) is 4.69. The van der Waals surface area contributed by atoms with E-state index in [9.17, 15) is 9.59 Å². The average molecular weight is 476 g/mol. The van der Waals surface area contributed by atoms with E-state index in [1.165, 1.54) is 0 Å². The van der Waals surface area contributed by atoms with Gasteiger partial charge in [0.15, 0.2) is 17.3 Å². The van der Waals surface area contributed by atoms with E-state index >= 15 is 0 Å². The molecule has 0 aromatic heterocycles. The van der Waals surface area contributed by atoms with Crippen molar-refractivity contribution in [3.63, 3.8) is 0 Å². The van der Waals surface area contributed by atoms with Crippen LogP contribution in [-0.4, -0.2) is 50.4 Å². The summed E-state index contributed by atoms with van der Waals surface area (Å²) in [4.78, 5) is 26.6. The summed E-state index contributed by atoms with van der Waals surface area (Å²) in [5.74, 6) is 1.58. The van der Waals surface area contributed by atoms with E-state index in [1.807, 2.05) is 12.1 Å². The van der Waals surface area contributed by atoms with Crippen molar-refractivity contribution in [2.45, 2.75) is 56.6 Å². The summed E-state index contributed by atoms with van der Waals surface area (Å²) in [5, 5.41) is 10.2. The van der Waals surface area contributed by atoms with Gasteiger partial charge in [0.2, 0.25) is 11.7 Å². The van der Waals surface area contributed by atoms with Crippen LogP contribution in [-0.2, 0) is 9.59 Å². The molecule has 1 saturated heterocycles. The zero-order chi connectivity index (χ0) is 23.5. The minimum Gasteiger partial charge on any atom is -0.493 e. The average Bonchev–Trinajstić information content (AvgIpc) is 2.82. The Morgan fingerprint density at radius 2 is 1.76 bits per heavy atom. The molecule has 1 amide bonds. The van der Waals surface area contributed by atoms with Crippen molar-refractivity contribution in [1.82, 2.24) is 16.0 Å². The number of unbranched alkanes of at least 4 members (excludes halogenated alkanes) is 1. The number of hydrogen-bond acceptors (Lipinski definition) is 8. The SMILES string of the molecule is CCCCSC1NC(=O)C2C(NC3=C(C(=O)CCC3)C2c2cc(OC)c(OC)c(OC)c2)N1. The first-order valence-electron chi connectivity index (χ1n) is 11.5. The van der Waals surface area contributed by atoms with E-state index in [0.29, 0.717) is 29.2 Å². The minimum absolute atomic E-state index is 0.0658. The molecule has 4 atom stereocenters. The number of methoxy groups -OCH3 is 3. The first kappa shape index (κ1) is 23.8. The molecule has 0 bridgehead atoms. The van der Waals surface area contributed by atoms with Crippen molar-refractivity contribution in [2.24, 2.45) is 5.92 Å². The number of fused-ring (bicyclic) bond motifs is 1. The highest BCUT2D eigenvalue weighted by Gasteiger charge is 2.49. The Morgan fingerprint density at radius 1 is 1.03 bits per heavy atom. The van der Waals surface area contributed by atoms with Crippen molar-refractivity contribution >= 4 is 23.5 Å². The zero-order valence-corrected chi connectivity index (χ0v) is 20.5. The predicted octanol–water partition coefficient (Wildman–Crippen LogP) is 2.88. The molecule has 0 spiro atoms. The Morgan fingerprint density at radius 3 is 2.39 bits per heavy atom. The van der Waals surface area contributed by atoms with Gasteiger partial charge in [-0.05, 0) is 42.7 Å². The van der Waals surface area contributed by atoms with Crippen LogP contribution in [0.1, 0.15) is 50.5 Å². The third kappa shape index (κ3) is 4.53. The summed E-state index contributed by atoms with van der Waals surface area (Å²) in [6, 6.07) is 3.71. The molecule has 3 aliphatic rings. The Hall–Kier alpha value is -2.39. The normalized spacial score (nSPS) is 26.7. The van der Waals surface area contributed by atoms with Gasteiger partial charge in [-0.2, -0.15) is 0 Å². The molecule has 33 heavy (non-hydrogen) atoms. The van der Waals surface area contributed by atoms with Gasteiger partial charge in [-0.25, -0.2) is 0 Å². The second kappa shape index (κ2) is 10.3. The van der Waals surface area contributed by atoms with Gasteiger partial charge in [0, 0.05) is 23.6 Å². The summed E-state index contributed by atoms with van der Waals surface area (Å²) in [6.07, 6.45) is 4.03. The fraction of sp³-hybridized carbons (Fsp3) is 0.583. The number of benzene rings is 1. The van der Waals surface area contributed by atoms with Crippen LogP contribution in [0.25, 0.3) is 0 Å². The number of carbonyl (C=O) groups excluding carboxylic acids is 2. The molecule has 1 aromatic rings. The fourth-order valence-electron chi connectivity index (χ4n) is 4.99. The number of allylic oxidation sites excluding steroid dienone is 2. The van der Waals surface area contributed by atoms with Crippen LogP contribution in [0.2, 0.25) is 0 Å². The zero-order valence-electron chi connectivity index (χ0n) is 19.7. The molecule has 8 nitrogen and oxygen atoms in total. The second-order valence-electron chi connectivity index (χ2n) is 8.53. The molecule has 2 heterocycles. The van der Waals surface area contributed by atoms with E-state index < -0.39 is 11.8 Å². The van der Waals surface area contributed by atoms with Gasteiger partial charge in [-0.3, -0.25) is 14.9 Å². The summed E-state index contributed by atoms with van der Waals surface area (Å²) < 4.78 is 16.6. The van der Waals surface area contributed by atoms with E-state index in [0.717, 1.165) is 42.7 Å². The number of ketones is 1. The number of rotatable bonds is 8. The number of nitrogens with one attached hydrogen (secondary N) is 3. The lowest BCUT2D eigenvalue weighted by atomic mass is 9.70. The Kier molecular flexibility index (Phi) is 7.38. The molecule has 3 N–H and O–H groups in total. The third-order valence-corrected chi connectivity index (χ3v) is 7.66. The monoisotopic (exact) mass is 475 g/mol. The van der Waals surface area contributed by atoms with Crippen LogP contribution in [0.4, 0.5) is 0 Å². The molecule has 1 fully saturated rings. The van der Waals surface area contributed by atoms with Gasteiger partial charge < -0.3 is 24.8 Å². The lowest BCUT2D eigenvalue weighted by Gasteiger charge is -2.47. The van der Waals surface area contributed by atoms with Crippen LogP contribution in [0.5, 0.6) is 17.2 Å². The van der Waals surface area contributed by atoms with Crippen LogP contribution in [0.3, 0.4) is 0 Å². The van der Waals surface area contributed by atoms with Crippen molar-refractivity contribution in [1.29, 1.82) is 0 Å². The van der Waals surface area contributed by atoms with Crippen molar-refractivity contribution in [3.05, 3.63) is 29.0 Å². The molecular weight excluding hydrogens is 442 g/mol. The second-order valence-corrected chi connectivity index (χ2v) is 9.75. The van der Waals surface area contributed by atoms with Gasteiger partial charge in [0.25, 0.3) is 0 Å². The maximum atomic E-state index is 13.4. The van der Waals surface area contributed by atoms with Gasteiger partial charge in [-0.15, -0.1) is 11.8 Å². The van der Waals surface area contributed by atoms with Crippen LogP contribution >= 0.6 is 11.8 Å². The Balaban J connectivity index is 1.77. The predicted molar refractivity (Wildman–Crippen MR) is 128 cm³/mol. The lowest BCUT2D eigenvalue weighted by Crippen LogP contribution is -2.67. The maximum absolute atomic E-state index is 13.4. The number of hydrogen-bond donors (Lipinski definition) is 3. The van der Waals surface area contributed by atoms with E-state index in [-0.39, 0.29) is 23.4 Å². The number of Topliss-reactive ketones (excluding diaryl/α,β-unsaturated/α-hetero) is 1. The molecule has 0 radical (unpaired) electrons. The van der Waals surface area contributed by atoms with Crippen molar-refractivity contribution < 1.29 is 23.8 Å². The molecule has 4 unspecified atom stereocenters. The van der Waals surface area contributed by atoms with Gasteiger partial charge >= 0.3 is 0 Å². The molecule has 1 aliphatic carbocycles. The van der Waals surface area contributed by atoms with Gasteiger partial charge in [0.1, 0.15) is 5.50 Å². The number of carbonyl (C=O) groups is 2. The highest BCUT2D eigenvalue weighted by molar-refractivity contribution is 7.99. The highest BCUT2D eigenvalue weighted by Crippen LogP contribution is 2.48. The maximum Gasteiger partial charge on any atom is 0.229 e. The smallest absolute Gasteiger partial charge is 0.229 e. The summed E-state index contributed by atoms with van der Waals surface area (Å²) >= 11 is 1.70. The van der Waals surface area contributed by atoms with E-state index in [2.05, 4.69) is 22.9 Å². The molecule has 9 heteroatoms. The van der Waals surface area contributed by atoms with Gasteiger partial charge in [0.05, 0.1) is 33.4 Å². The number of ether oxygens (including phenoxy) is 3. The molecule has 180 valence electrons. The first-order valence-corrected chi connectivity index (χ1v) is 12.6. The van der Waals surface area contributed by atoms with Crippen molar-refractivity contribution in [2.75, 3.05) is 27.1 Å². The standard InChI is InChI=1S/C24H33N3O5S/c1-5-6-10-33-24-26-22-20(23(29)27-24)18(19-14(25-22)8-7-9-15(19)28)13-11-16(30-2)21(32-4)17(12-13)31-3/h11-12,18,20,22,24-26H,5-10H2,1-4H3,(H,27,29). The number of thioether (sulfide) groups is 1. The molecule has 4 rings (SSSR count). The number of amides is 1. The van der Waals surface area contributed by atoms with E-state index in [4.69, 9.17) is 14.2 Å². The Labute approximate surface area is 199 Å². The summed E-state index contributed by atoms with van der Waals surface area (Å²) in [5.41, 5.74) is 2.27. The lowest BCUT2D eigenvalue weighted by molar-refractivity contribution is -0.130. The minimum atomic E-state index is -0.489. The Bertz CT molecular complexity index is 925. The third-order valence-electron chi connectivity index (χ3n) is 6.55. The first-order chi connectivity index (χ1) is 16.0. The van der Waals surface area contributed by atoms with Crippen LogP contribution < -0.4 is 30.2 Å². The van der Waals surface area contributed by atoms with E-state index in [1.54, 1.807) is 33.1 Å². The summed E-state index contributed by atoms with van der Waals surface area (Å²) in [6.45, 7) is 2.16. The fourth-order valence-corrected chi connectivity index (χ4v) is 6.13.